The van der Waals surface area contributed by atoms with E-state index in [2.05, 4.69) is 6.92 Å². The smallest absolute Gasteiger partial charge is 0.211 e. The molecule has 5 nitrogen and oxygen atoms in total. The molecule has 1 fully saturated rings. The van der Waals surface area contributed by atoms with Crippen molar-refractivity contribution in [2.75, 3.05) is 18.0 Å². The van der Waals surface area contributed by atoms with Gasteiger partial charge in [-0.1, -0.05) is 24.6 Å². The van der Waals surface area contributed by atoms with Crippen molar-refractivity contribution in [2.24, 2.45) is 13.0 Å². The van der Waals surface area contributed by atoms with Gasteiger partial charge in [0.15, 0.2) is 0 Å². The summed E-state index contributed by atoms with van der Waals surface area (Å²) < 4.78 is 42.7. The molecule has 2 heterocycles. The van der Waals surface area contributed by atoms with Gasteiger partial charge in [0.1, 0.15) is 10.7 Å². The zero-order chi connectivity index (χ0) is 21.6. The number of hydrogen-bond acceptors (Lipinski definition) is 4. The second-order valence-corrected chi connectivity index (χ2v) is 10.2. The molecule has 0 saturated carbocycles. The summed E-state index contributed by atoms with van der Waals surface area (Å²) in [4.78, 5) is 14.8. The Balaban J connectivity index is 1.85. The van der Waals surface area contributed by atoms with Crippen LogP contribution in [0.15, 0.2) is 57.2 Å². The second kappa shape index (κ2) is 7.54. The number of aryl methyl sites for hydroxylation is 2. The lowest BCUT2D eigenvalue weighted by Gasteiger charge is -2.32. The summed E-state index contributed by atoms with van der Waals surface area (Å²) in [5, 5.41) is 0.0670. The number of aromatic nitrogens is 1. The van der Waals surface area contributed by atoms with E-state index in [0.717, 1.165) is 31.5 Å². The fraction of sp³-hybridized carbons (Fsp3) is 0.348. The Morgan fingerprint density at radius 3 is 2.33 bits per heavy atom. The predicted molar refractivity (Wildman–Crippen MR) is 116 cm³/mol. The maximum atomic E-state index is 15.0. The molecule has 0 unspecified atom stereocenters. The highest BCUT2D eigenvalue weighted by atomic mass is 32.2. The molecule has 7 heteroatoms. The minimum Gasteiger partial charge on any atom is -0.369 e. The zero-order valence-corrected chi connectivity index (χ0v) is 18.2. The minimum atomic E-state index is -4.02. The fourth-order valence-electron chi connectivity index (χ4n) is 3.99. The van der Waals surface area contributed by atoms with Crippen molar-refractivity contribution in [3.63, 3.8) is 0 Å². The van der Waals surface area contributed by atoms with Crippen molar-refractivity contribution in [2.45, 2.75) is 36.5 Å². The molecule has 158 valence electrons. The van der Waals surface area contributed by atoms with Crippen LogP contribution in [-0.2, 0) is 16.9 Å². The van der Waals surface area contributed by atoms with Gasteiger partial charge < -0.3 is 9.47 Å². The molecule has 0 aliphatic carbocycles. The van der Waals surface area contributed by atoms with Crippen molar-refractivity contribution < 1.29 is 12.8 Å². The lowest BCUT2D eigenvalue weighted by molar-refractivity contribution is 0.434. The number of rotatable bonds is 3. The highest BCUT2D eigenvalue weighted by molar-refractivity contribution is 7.91. The van der Waals surface area contributed by atoms with Gasteiger partial charge in [0.05, 0.1) is 21.5 Å². The van der Waals surface area contributed by atoms with E-state index in [-0.39, 0.29) is 15.2 Å². The van der Waals surface area contributed by atoms with E-state index in [0.29, 0.717) is 17.1 Å². The standard InChI is InChI=1S/C23H25FN2O3S/c1-15-4-6-17(7-5-15)30(28,29)22-14-25(3)20-13-21(19(24)12-18(20)23(22)27)26-10-8-16(2)9-11-26/h4-7,12-14,16H,8-11H2,1-3H3. The molecule has 1 saturated heterocycles. The van der Waals surface area contributed by atoms with E-state index >= 15 is 0 Å². The molecule has 0 amide bonds. The molecule has 0 bridgehead atoms. The van der Waals surface area contributed by atoms with Crippen LogP contribution in [0, 0.1) is 18.7 Å². The number of anilines is 1. The number of sulfone groups is 1. The average Bonchev–Trinajstić information content (AvgIpc) is 2.71. The topological polar surface area (TPSA) is 59.4 Å². The largest absolute Gasteiger partial charge is 0.369 e. The molecule has 1 aromatic heterocycles. The van der Waals surface area contributed by atoms with Gasteiger partial charge in [0, 0.05) is 26.3 Å². The average molecular weight is 429 g/mol. The third-order valence-corrected chi connectivity index (χ3v) is 7.73. The molecule has 0 spiro atoms. The highest BCUT2D eigenvalue weighted by Crippen LogP contribution is 2.29. The summed E-state index contributed by atoms with van der Waals surface area (Å²) in [5.74, 6) is 0.114. The van der Waals surface area contributed by atoms with Crippen LogP contribution >= 0.6 is 0 Å². The summed E-state index contributed by atoms with van der Waals surface area (Å²) in [7, 11) is -2.34. The molecule has 0 radical (unpaired) electrons. The van der Waals surface area contributed by atoms with Crippen LogP contribution in [0.5, 0.6) is 0 Å². The molecule has 0 atom stereocenters. The third-order valence-electron chi connectivity index (χ3n) is 5.97. The van der Waals surface area contributed by atoms with Crippen LogP contribution in [0.4, 0.5) is 10.1 Å². The molecular weight excluding hydrogens is 403 g/mol. The summed E-state index contributed by atoms with van der Waals surface area (Å²) in [5.41, 5.74) is 1.21. The Hall–Kier alpha value is -2.67. The van der Waals surface area contributed by atoms with Gasteiger partial charge in [0.2, 0.25) is 15.3 Å². The number of piperidine rings is 1. The SMILES string of the molecule is Cc1ccc(S(=O)(=O)c2cn(C)c3cc(N4CCC(C)CC4)c(F)cc3c2=O)cc1. The van der Waals surface area contributed by atoms with E-state index in [4.69, 9.17) is 0 Å². The first-order valence-corrected chi connectivity index (χ1v) is 11.6. The number of halogens is 1. The monoisotopic (exact) mass is 428 g/mol. The van der Waals surface area contributed by atoms with Gasteiger partial charge in [-0.3, -0.25) is 4.79 Å². The van der Waals surface area contributed by atoms with Crippen molar-refractivity contribution in [3.05, 3.63) is 64.2 Å². The lowest BCUT2D eigenvalue weighted by Crippen LogP contribution is -2.33. The molecular formula is C23H25FN2O3S. The molecule has 1 aliphatic heterocycles. The Labute approximate surface area is 175 Å². The van der Waals surface area contributed by atoms with Crippen LogP contribution in [-0.4, -0.2) is 26.1 Å². The molecule has 0 N–H and O–H groups in total. The second-order valence-electron chi connectivity index (χ2n) is 8.24. The van der Waals surface area contributed by atoms with Gasteiger partial charge >= 0.3 is 0 Å². The van der Waals surface area contributed by atoms with E-state index in [9.17, 15) is 17.6 Å². The third kappa shape index (κ3) is 3.51. The van der Waals surface area contributed by atoms with Gasteiger partial charge in [0.25, 0.3) is 0 Å². The summed E-state index contributed by atoms with van der Waals surface area (Å²) in [6.45, 7) is 5.57. The van der Waals surface area contributed by atoms with Gasteiger partial charge in [-0.2, -0.15) is 0 Å². The molecule has 3 aromatic rings. The summed E-state index contributed by atoms with van der Waals surface area (Å²) in [6.07, 6.45) is 3.31. The molecule has 2 aromatic carbocycles. The van der Waals surface area contributed by atoms with Crippen molar-refractivity contribution in [3.8, 4) is 0 Å². The van der Waals surface area contributed by atoms with E-state index < -0.39 is 21.1 Å². The molecule has 4 rings (SSSR count). The first-order valence-electron chi connectivity index (χ1n) is 10.1. The number of pyridine rings is 1. The van der Waals surface area contributed by atoms with E-state index in [1.165, 1.54) is 24.4 Å². The maximum Gasteiger partial charge on any atom is 0.211 e. The maximum absolute atomic E-state index is 15.0. The van der Waals surface area contributed by atoms with E-state index in [1.54, 1.807) is 29.8 Å². The normalized spacial score (nSPS) is 15.7. The van der Waals surface area contributed by atoms with Crippen LogP contribution in [0.25, 0.3) is 10.9 Å². The van der Waals surface area contributed by atoms with Gasteiger partial charge in [-0.25, -0.2) is 12.8 Å². The number of hydrogen-bond donors (Lipinski definition) is 0. The van der Waals surface area contributed by atoms with Crippen molar-refractivity contribution in [1.29, 1.82) is 0 Å². The Bertz CT molecular complexity index is 1270. The lowest BCUT2D eigenvalue weighted by atomic mass is 9.98. The highest BCUT2D eigenvalue weighted by Gasteiger charge is 2.25. The zero-order valence-electron chi connectivity index (χ0n) is 17.4. The van der Waals surface area contributed by atoms with Gasteiger partial charge in [-0.15, -0.1) is 0 Å². The Morgan fingerprint density at radius 1 is 1.07 bits per heavy atom. The Kier molecular flexibility index (Phi) is 5.18. The minimum absolute atomic E-state index is 0.0454. The number of benzene rings is 2. The first kappa shape index (κ1) is 20.6. The number of nitrogens with zero attached hydrogens (tertiary/aromatic N) is 2. The summed E-state index contributed by atoms with van der Waals surface area (Å²) >= 11 is 0. The van der Waals surface area contributed by atoms with Crippen LogP contribution in [0.3, 0.4) is 0 Å². The van der Waals surface area contributed by atoms with Crippen molar-refractivity contribution >= 4 is 26.4 Å². The van der Waals surface area contributed by atoms with Gasteiger partial charge in [-0.05, 0) is 49.9 Å². The predicted octanol–water partition coefficient (Wildman–Crippen LogP) is 4.06. The Morgan fingerprint density at radius 2 is 1.70 bits per heavy atom. The van der Waals surface area contributed by atoms with Crippen molar-refractivity contribution in [1.82, 2.24) is 4.57 Å². The summed E-state index contributed by atoms with van der Waals surface area (Å²) in [6, 6.07) is 9.17. The van der Waals surface area contributed by atoms with E-state index in [1.807, 2.05) is 11.8 Å². The van der Waals surface area contributed by atoms with Crippen LogP contribution < -0.4 is 10.3 Å². The molecule has 30 heavy (non-hydrogen) atoms. The van der Waals surface area contributed by atoms with Crippen LogP contribution in [0.2, 0.25) is 0 Å². The first-order chi connectivity index (χ1) is 14.2. The van der Waals surface area contributed by atoms with Crippen LogP contribution in [0.1, 0.15) is 25.3 Å². The molecule has 1 aliphatic rings. The number of fused-ring (bicyclic) bond motifs is 1. The fourth-order valence-corrected chi connectivity index (χ4v) is 5.39. The quantitative estimate of drug-likeness (QED) is 0.631.